The summed E-state index contributed by atoms with van der Waals surface area (Å²) in [5, 5.41) is 11.8. The van der Waals surface area contributed by atoms with E-state index in [2.05, 4.69) is 5.32 Å². The molecule has 0 bridgehead atoms. The topological polar surface area (TPSA) is 71.3 Å². The first-order valence-corrected chi connectivity index (χ1v) is 9.28. The first-order valence-electron chi connectivity index (χ1n) is 9.28. The van der Waals surface area contributed by atoms with E-state index < -0.39 is 17.6 Å². The molecule has 2 aromatic rings. The van der Waals surface area contributed by atoms with Crippen molar-refractivity contribution in [2.45, 2.75) is 32.5 Å². The zero-order valence-corrected chi connectivity index (χ0v) is 16.3. The van der Waals surface area contributed by atoms with E-state index in [-0.39, 0.29) is 17.4 Å². The van der Waals surface area contributed by atoms with Crippen LogP contribution in [0.4, 0.5) is 18.9 Å². The normalized spacial score (nSPS) is 15.7. The third-order valence-corrected chi connectivity index (χ3v) is 4.44. The molecule has 0 aromatic heterocycles. The number of fused-ring (bicyclic) bond motifs is 1. The summed E-state index contributed by atoms with van der Waals surface area (Å²) in [6, 6.07) is 9.51. The molecule has 0 radical (unpaired) electrons. The molecule has 3 rings (SSSR count). The van der Waals surface area contributed by atoms with Crippen molar-refractivity contribution in [2.75, 3.05) is 11.9 Å². The van der Waals surface area contributed by atoms with Gasteiger partial charge >= 0.3 is 6.18 Å². The average Bonchev–Trinajstić information content (AvgIpc) is 3.04. The first kappa shape index (κ1) is 21.2. The predicted molar refractivity (Wildman–Crippen MR) is 105 cm³/mol. The van der Waals surface area contributed by atoms with Gasteiger partial charge in [-0.2, -0.15) is 18.4 Å². The zero-order valence-electron chi connectivity index (χ0n) is 16.3. The highest BCUT2D eigenvalue weighted by atomic mass is 19.4. The first-order chi connectivity index (χ1) is 14.2. The fourth-order valence-corrected chi connectivity index (χ4v) is 3.12. The van der Waals surface area contributed by atoms with Gasteiger partial charge in [0.25, 0.3) is 5.91 Å². The fourth-order valence-electron chi connectivity index (χ4n) is 3.12. The molecular weight excluding hydrogens is 397 g/mol. The fraction of sp³-hybridized carbons (Fsp3) is 0.273. The molecule has 0 saturated carbocycles. The van der Waals surface area contributed by atoms with Crippen molar-refractivity contribution in [1.29, 1.82) is 5.26 Å². The van der Waals surface area contributed by atoms with Gasteiger partial charge in [-0.05, 0) is 50.3 Å². The van der Waals surface area contributed by atoms with E-state index in [4.69, 9.17) is 9.47 Å². The molecule has 0 unspecified atom stereocenters. The van der Waals surface area contributed by atoms with E-state index in [1.165, 1.54) is 18.2 Å². The molecule has 1 aliphatic rings. The maximum atomic E-state index is 12.9. The highest BCUT2D eigenvalue weighted by Gasteiger charge is 2.30. The molecule has 8 heteroatoms. The Hall–Kier alpha value is -3.47. The Morgan fingerprint density at radius 1 is 1.37 bits per heavy atom. The Balaban J connectivity index is 1.90. The molecule has 5 nitrogen and oxygen atoms in total. The number of hydrogen-bond donors (Lipinski definition) is 1. The highest BCUT2D eigenvalue weighted by molar-refractivity contribution is 6.09. The molecule has 0 aliphatic carbocycles. The Morgan fingerprint density at radius 3 is 2.80 bits per heavy atom. The van der Waals surface area contributed by atoms with Gasteiger partial charge in [-0.15, -0.1) is 0 Å². The number of hydrogen-bond acceptors (Lipinski definition) is 4. The van der Waals surface area contributed by atoms with Crippen LogP contribution in [0.15, 0.2) is 42.0 Å². The summed E-state index contributed by atoms with van der Waals surface area (Å²) in [5.74, 6) is 0.315. The van der Waals surface area contributed by atoms with Crippen molar-refractivity contribution in [1.82, 2.24) is 0 Å². The molecule has 1 atom stereocenters. The molecule has 0 spiro atoms. The zero-order chi connectivity index (χ0) is 21.9. The number of halogens is 3. The summed E-state index contributed by atoms with van der Waals surface area (Å²) in [4.78, 5) is 12.5. The van der Waals surface area contributed by atoms with Crippen LogP contribution in [0.25, 0.3) is 6.08 Å². The van der Waals surface area contributed by atoms with Crippen LogP contribution >= 0.6 is 0 Å². The highest BCUT2D eigenvalue weighted by Crippen LogP contribution is 2.36. The van der Waals surface area contributed by atoms with E-state index in [1.54, 1.807) is 12.1 Å². The lowest BCUT2D eigenvalue weighted by molar-refractivity contribution is -0.137. The van der Waals surface area contributed by atoms with Crippen molar-refractivity contribution in [3.8, 4) is 17.6 Å². The Bertz CT molecular complexity index is 1040. The van der Waals surface area contributed by atoms with Crippen molar-refractivity contribution < 1.29 is 27.4 Å². The molecule has 156 valence electrons. The van der Waals surface area contributed by atoms with E-state index in [1.807, 2.05) is 19.9 Å². The minimum absolute atomic E-state index is 0.00773. The number of benzene rings is 2. The number of anilines is 1. The molecular formula is C22H19F3N2O3. The van der Waals surface area contributed by atoms with Crippen molar-refractivity contribution in [3.63, 3.8) is 0 Å². The van der Waals surface area contributed by atoms with Gasteiger partial charge in [-0.3, -0.25) is 4.79 Å². The lowest BCUT2D eigenvalue weighted by atomic mass is 10.0. The van der Waals surface area contributed by atoms with Crippen LogP contribution in [0.5, 0.6) is 11.5 Å². The summed E-state index contributed by atoms with van der Waals surface area (Å²) < 4.78 is 50.0. The second kappa shape index (κ2) is 8.49. The van der Waals surface area contributed by atoms with Crippen LogP contribution < -0.4 is 14.8 Å². The summed E-state index contributed by atoms with van der Waals surface area (Å²) in [6.07, 6.45) is -2.47. The third-order valence-electron chi connectivity index (χ3n) is 4.44. The number of carbonyl (C=O) groups excluding carboxylic acids is 1. The Morgan fingerprint density at radius 2 is 2.13 bits per heavy atom. The van der Waals surface area contributed by atoms with Crippen LogP contribution in [0.1, 0.15) is 30.5 Å². The molecule has 1 N–H and O–H groups in total. The van der Waals surface area contributed by atoms with E-state index in [0.717, 1.165) is 24.1 Å². The van der Waals surface area contributed by atoms with Crippen molar-refractivity contribution in [3.05, 3.63) is 58.7 Å². The lowest BCUT2D eigenvalue weighted by Gasteiger charge is -2.11. The maximum Gasteiger partial charge on any atom is 0.416 e. The monoisotopic (exact) mass is 416 g/mol. The number of nitriles is 1. The number of rotatable bonds is 5. The summed E-state index contributed by atoms with van der Waals surface area (Å²) in [5.41, 5.74) is 0.202. The number of amides is 1. The third kappa shape index (κ3) is 4.74. The van der Waals surface area contributed by atoms with E-state index in [0.29, 0.717) is 23.7 Å². The SMILES string of the molecule is CCOc1cc2c(cc1/C=C(\C#N)C(=O)Nc1cccc(C(F)(F)F)c1)O[C@@H](C)C2. The van der Waals surface area contributed by atoms with Crippen LogP contribution in [0.2, 0.25) is 0 Å². The van der Waals surface area contributed by atoms with E-state index in [9.17, 15) is 23.2 Å². The van der Waals surface area contributed by atoms with Gasteiger partial charge in [0.1, 0.15) is 29.2 Å². The van der Waals surface area contributed by atoms with Gasteiger partial charge in [0, 0.05) is 23.2 Å². The minimum atomic E-state index is -4.54. The number of nitrogens with zero attached hydrogens (tertiary/aromatic N) is 1. The molecule has 1 amide bonds. The largest absolute Gasteiger partial charge is 0.493 e. The lowest BCUT2D eigenvalue weighted by Crippen LogP contribution is -2.14. The number of alkyl halides is 3. The molecule has 2 aromatic carbocycles. The van der Waals surface area contributed by atoms with Gasteiger partial charge in [-0.1, -0.05) is 6.07 Å². The van der Waals surface area contributed by atoms with Gasteiger partial charge in [0.2, 0.25) is 0 Å². The molecule has 0 saturated heterocycles. The molecule has 30 heavy (non-hydrogen) atoms. The Labute approximate surface area is 171 Å². The molecule has 1 aliphatic heterocycles. The van der Waals surface area contributed by atoms with Crippen molar-refractivity contribution in [2.24, 2.45) is 0 Å². The van der Waals surface area contributed by atoms with Gasteiger partial charge in [0.15, 0.2) is 0 Å². The van der Waals surface area contributed by atoms with Crippen LogP contribution in [0.3, 0.4) is 0 Å². The van der Waals surface area contributed by atoms with Gasteiger partial charge in [-0.25, -0.2) is 0 Å². The smallest absolute Gasteiger partial charge is 0.416 e. The van der Waals surface area contributed by atoms with Crippen molar-refractivity contribution >= 4 is 17.7 Å². The number of ether oxygens (including phenoxy) is 2. The van der Waals surface area contributed by atoms with Gasteiger partial charge < -0.3 is 14.8 Å². The minimum Gasteiger partial charge on any atom is -0.493 e. The van der Waals surface area contributed by atoms with Crippen LogP contribution in [-0.2, 0) is 17.4 Å². The second-order valence-corrected chi connectivity index (χ2v) is 6.77. The summed E-state index contributed by atoms with van der Waals surface area (Å²) >= 11 is 0. The second-order valence-electron chi connectivity index (χ2n) is 6.77. The maximum absolute atomic E-state index is 12.9. The summed E-state index contributed by atoms with van der Waals surface area (Å²) in [6.45, 7) is 4.12. The molecule has 0 fully saturated rings. The van der Waals surface area contributed by atoms with Gasteiger partial charge in [0.05, 0.1) is 12.2 Å². The van der Waals surface area contributed by atoms with E-state index >= 15 is 0 Å². The quantitative estimate of drug-likeness (QED) is 0.552. The standard InChI is InChI=1S/C22H19F3N2O3/c1-3-29-19-9-14-7-13(2)30-20(14)10-15(19)8-16(12-26)21(28)27-18-6-4-5-17(11-18)22(23,24)25/h4-6,8-11,13H,3,7H2,1-2H3,(H,27,28)/b16-8+/t13-/m0/s1. The number of nitrogens with one attached hydrogen (secondary N) is 1. The summed E-state index contributed by atoms with van der Waals surface area (Å²) in [7, 11) is 0. The average molecular weight is 416 g/mol. The Kier molecular flexibility index (Phi) is 6.01. The van der Waals surface area contributed by atoms with Crippen LogP contribution in [0, 0.1) is 11.3 Å². The molecule has 1 heterocycles. The van der Waals surface area contributed by atoms with Crippen LogP contribution in [-0.4, -0.2) is 18.6 Å². The predicted octanol–water partition coefficient (Wildman–Crippen LogP) is 4.97. The number of carbonyl (C=O) groups is 1.